The van der Waals surface area contributed by atoms with Gasteiger partial charge in [0.15, 0.2) is 0 Å². The van der Waals surface area contributed by atoms with E-state index < -0.39 is 35.2 Å². The molecule has 1 amide bonds. The van der Waals surface area contributed by atoms with E-state index in [1.54, 1.807) is 38.1 Å². The monoisotopic (exact) mass is 375 g/mol. The van der Waals surface area contributed by atoms with E-state index in [0.717, 1.165) is 4.57 Å². The molecule has 0 aliphatic carbocycles. The summed E-state index contributed by atoms with van der Waals surface area (Å²) < 4.78 is 0.886. The molecule has 1 heterocycles. The highest BCUT2D eigenvalue weighted by atomic mass is 16.4. The summed E-state index contributed by atoms with van der Waals surface area (Å²) >= 11 is 0. The number of hydrogen-bond acceptors (Lipinski definition) is 4. The number of fused-ring (bicyclic) bond motifs is 1. The molecule has 1 aromatic carbocycles. The standard InChI is InChI=1S/C19H25N3O5/c1-10(2)9-14(16(23)21-15(11(3)4)18(25)26)22-17(24)12-7-5-6-8-13(12)20-19(22)27/h5-8,10-11,14-15H,9H2,1-4H3,(H,20,27)(H,21,23)(H,25,26)/t14-,15-/m0/s1. The summed E-state index contributed by atoms with van der Waals surface area (Å²) in [5.41, 5.74) is -0.888. The number of carboxylic acids is 1. The van der Waals surface area contributed by atoms with Gasteiger partial charge in [0.1, 0.15) is 12.1 Å². The zero-order chi connectivity index (χ0) is 20.3. The second kappa shape index (κ2) is 8.20. The Morgan fingerprint density at radius 1 is 1.15 bits per heavy atom. The first kappa shape index (κ1) is 20.4. The lowest BCUT2D eigenvalue weighted by Gasteiger charge is -2.24. The van der Waals surface area contributed by atoms with Crippen LogP contribution >= 0.6 is 0 Å². The number of rotatable bonds is 7. The molecular formula is C19H25N3O5. The van der Waals surface area contributed by atoms with Crippen molar-refractivity contribution in [3.8, 4) is 0 Å². The molecule has 2 atom stereocenters. The lowest BCUT2D eigenvalue weighted by atomic mass is 10.00. The van der Waals surface area contributed by atoms with E-state index in [9.17, 15) is 24.3 Å². The molecule has 27 heavy (non-hydrogen) atoms. The average molecular weight is 375 g/mol. The lowest BCUT2D eigenvalue weighted by Crippen LogP contribution is -2.50. The SMILES string of the molecule is CC(C)C[C@@H](C(=O)N[C@H](C(=O)O)C(C)C)n1c(=O)[nH]c2ccccc2c1=O. The maximum Gasteiger partial charge on any atom is 0.329 e. The van der Waals surface area contributed by atoms with Crippen molar-refractivity contribution < 1.29 is 14.7 Å². The largest absolute Gasteiger partial charge is 0.480 e. The van der Waals surface area contributed by atoms with Crippen LogP contribution in [0.2, 0.25) is 0 Å². The molecule has 0 aliphatic rings. The Bertz CT molecular complexity index is 958. The van der Waals surface area contributed by atoms with E-state index in [0.29, 0.717) is 5.52 Å². The molecule has 8 nitrogen and oxygen atoms in total. The molecular weight excluding hydrogens is 350 g/mol. The summed E-state index contributed by atoms with van der Waals surface area (Å²) in [5, 5.41) is 12.1. The van der Waals surface area contributed by atoms with Crippen LogP contribution in [0.15, 0.2) is 33.9 Å². The predicted molar refractivity (Wildman–Crippen MR) is 102 cm³/mol. The molecule has 8 heteroatoms. The average Bonchev–Trinajstić information content (AvgIpc) is 2.57. The molecule has 2 aromatic rings. The number of benzene rings is 1. The zero-order valence-corrected chi connectivity index (χ0v) is 15.9. The summed E-state index contributed by atoms with van der Waals surface area (Å²) in [6.45, 7) is 7.06. The van der Waals surface area contributed by atoms with Gasteiger partial charge in [-0.25, -0.2) is 14.2 Å². The molecule has 0 spiro atoms. The van der Waals surface area contributed by atoms with Crippen LogP contribution in [-0.4, -0.2) is 32.6 Å². The summed E-state index contributed by atoms with van der Waals surface area (Å²) in [6.07, 6.45) is 0.220. The quantitative estimate of drug-likeness (QED) is 0.677. The molecule has 3 N–H and O–H groups in total. The third kappa shape index (κ3) is 4.45. The van der Waals surface area contributed by atoms with Crippen molar-refractivity contribution in [1.82, 2.24) is 14.9 Å². The van der Waals surface area contributed by atoms with Crippen LogP contribution in [0.3, 0.4) is 0 Å². The van der Waals surface area contributed by atoms with Crippen molar-refractivity contribution in [3.63, 3.8) is 0 Å². The Kier molecular flexibility index (Phi) is 6.20. The topological polar surface area (TPSA) is 121 Å². The van der Waals surface area contributed by atoms with Crippen molar-refractivity contribution in [3.05, 3.63) is 45.1 Å². The Morgan fingerprint density at radius 3 is 2.33 bits per heavy atom. The zero-order valence-electron chi connectivity index (χ0n) is 15.9. The number of carboxylic acid groups (broad SMARTS) is 1. The summed E-state index contributed by atoms with van der Waals surface area (Å²) in [7, 11) is 0. The smallest absolute Gasteiger partial charge is 0.329 e. The van der Waals surface area contributed by atoms with Gasteiger partial charge in [0.05, 0.1) is 10.9 Å². The molecule has 0 unspecified atom stereocenters. The molecule has 0 radical (unpaired) electrons. The van der Waals surface area contributed by atoms with Gasteiger partial charge in [-0.2, -0.15) is 0 Å². The van der Waals surface area contributed by atoms with E-state index in [2.05, 4.69) is 10.3 Å². The van der Waals surface area contributed by atoms with E-state index >= 15 is 0 Å². The number of aromatic amines is 1. The van der Waals surface area contributed by atoms with E-state index in [-0.39, 0.29) is 23.6 Å². The van der Waals surface area contributed by atoms with Gasteiger partial charge in [-0.3, -0.25) is 9.59 Å². The molecule has 0 bridgehead atoms. The Hall–Kier alpha value is -2.90. The van der Waals surface area contributed by atoms with Gasteiger partial charge >= 0.3 is 11.7 Å². The number of nitrogens with zero attached hydrogens (tertiary/aromatic N) is 1. The van der Waals surface area contributed by atoms with E-state index in [1.807, 2.05) is 13.8 Å². The Labute approximate surface area is 156 Å². The van der Waals surface area contributed by atoms with Crippen LogP contribution in [0.25, 0.3) is 10.9 Å². The number of aliphatic carboxylic acids is 1. The van der Waals surface area contributed by atoms with Crippen molar-refractivity contribution in [2.24, 2.45) is 11.8 Å². The summed E-state index contributed by atoms with van der Waals surface area (Å²) in [4.78, 5) is 52.3. The number of amides is 1. The van der Waals surface area contributed by atoms with Gasteiger partial charge in [0.2, 0.25) is 5.91 Å². The number of H-pyrrole nitrogens is 1. The van der Waals surface area contributed by atoms with Crippen molar-refractivity contribution >= 4 is 22.8 Å². The van der Waals surface area contributed by atoms with Crippen LogP contribution in [0, 0.1) is 11.8 Å². The third-order valence-electron chi connectivity index (χ3n) is 4.38. The van der Waals surface area contributed by atoms with Gasteiger partial charge in [0, 0.05) is 0 Å². The molecule has 0 fully saturated rings. The van der Waals surface area contributed by atoms with E-state index in [4.69, 9.17) is 0 Å². The number of carbonyl (C=O) groups is 2. The fraction of sp³-hybridized carbons (Fsp3) is 0.474. The Balaban J connectivity index is 2.56. The number of aromatic nitrogens is 2. The van der Waals surface area contributed by atoms with Crippen LogP contribution in [0.4, 0.5) is 0 Å². The molecule has 146 valence electrons. The van der Waals surface area contributed by atoms with Crippen molar-refractivity contribution in [2.75, 3.05) is 0 Å². The van der Waals surface area contributed by atoms with Crippen LogP contribution in [-0.2, 0) is 9.59 Å². The molecule has 0 saturated carbocycles. The molecule has 2 rings (SSSR count). The number of carbonyl (C=O) groups excluding carboxylic acids is 1. The summed E-state index contributed by atoms with van der Waals surface area (Å²) in [5.74, 6) is -2.17. The van der Waals surface area contributed by atoms with Crippen LogP contribution < -0.4 is 16.6 Å². The highest BCUT2D eigenvalue weighted by Crippen LogP contribution is 2.17. The second-order valence-electron chi connectivity index (χ2n) is 7.36. The number of hydrogen-bond donors (Lipinski definition) is 3. The minimum Gasteiger partial charge on any atom is -0.480 e. The van der Waals surface area contributed by atoms with Crippen molar-refractivity contribution in [2.45, 2.75) is 46.2 Å². The van der Waals surface area contributed by atoms with Crippen LogP contribution in [0.1, 0.15) is 40.2 Å². The number of nitrogens with one attached hydrogen (secondary N) is 2. The highest BCUT2D eigenvalue weighted by molar-refractivity contribution is 5.86. The summed E-state index contributed by atoms with van der Waals surface area (Å²) in [6, 6.07) is 4.33. The number of para-hydroxylation sites is 1. The Morgan fingerprint density at radius 2 is 1.78 bits per heavy atom. The molecule has 0 saturated heterocycles. The normalized spacial score (nSPS) is 13.7. The predicted octanol–water partition coefficient (Wildman–Crippen LogP) is 1.50. The lowest BCUT2D eigenvalue weighted by molar-refractivity contribution is -0.143. The fourth-order valence-corrected chi connectivity index (χ4v) is 3.00. The minimum atomic E-state index is -1.17. The first-order chi connectivity index (χ1) is 12.6. The van der Waals surface area contributed by atoms with Gasteiger partial charge in [0.25, 0.3) is 5.56 Å². The third-order valence-corrected chi connectivity index (χ3v) is 4.38. The van der Waals surface area contributed by atoms with Gasteiger partial charge in [-0.1, -0.05) is 39.8 Å². The van der Waals surface area contributed by atoms with Gasteiger partial charge in [-0.05, 0) is 30.4 Å². The first-order valence-corrected chi connectivity index (χ1v) is 8.90. The fourth-order valence-electron chi connectivity index (χ4n) is 3.00. The minimum absolute atomic E-state index is 0.000786. The van der Waals surface area contributed by atoms with E-state index in [1.165, 1.54) is 0 Å². The van der Waals surface area contributed by atoms with Gasteiger partial charge < -0.3 is 15.4 Å². The molecule has 1 aromatic heterocycles. The maximum absolute atomic E-state index is 12.9. The first-order valence-electron chi connectivity index (χ1n) is 8.90. The molecule has 0 aliphatic heterocycles. The van der Waals surface area contributed by atoms with Crippen LogP contribution in [0.5, 0.6) is 0 Å². The van der Waals surface area contributed by atoms with Gasteiger partial charge in [-0.15, -0.1) is 0 Å². The second-order valence-corrected chi connectivity index (χ2v) is 7.36. The highest BCUT2D eigenvalue weighted by Gasteiger charge is 2.30. The maximum atomic E-state index is 12.9. The van der Waals surface area contributed by atoms with Crippen molar-refractivity contribution in [1.29, 1.82) is 0 Å².